The Morgan fingerprint density at radius 3 is 2.50 bits per heavy atom. The lowest BCUT2D eigenvalue weighted by atomic mass is 9.86. The Morgan fingerprint density at radius 1 is 1.06 bits per heavy atom. The van der Waals surface area contributed by atoms with Crippen LogP contribution in [0.1, 0.15) is 29.5 Å². The summed E-state index contributed by atoms with van der Waals surface area (Å²) in [4.78, 5) is 9.16. The Balaban J connectivity index is 1.22. The van der Waals surface area contributed by atoms with Crippen molar-refractivity contribution in [3.05, 3.63) is 59.5 Å². The Morgan fingerprint density at radius 2 is 1.78 bits per heavy atom. The van der Waals surface area contributed by atoms with Crippen LogP contribution in [-0.2, 0) is 30.1 Å². The Kier molecular flexibility index (Phi) is 6.92. The average molecular weight is 522 g/mol. The maximum Gasteiger partial charge on any atom is 0.393 e. The lowest BCUT2D eigenvalue weighted by Gasteiger charge is -2.25. The molecule has 2 aliphatic rings. The monoisotopic (exact) mass is 521 g/mol. The van der Waals surface area contributed by atoms with Crippen molar-refractivity contribution < 1.29 is 17.7 Å². The van der Waals surface area contributed by atoms with Crippen LogP contribution in [0.5, 0.6) is 0 Å². The zero-order valence-corrected chi connectivity index (χ0v) is 21.4. The number of alkyl halides is 3. The second-order valence-corrected chi connectivity index (χ2v) is 12.0. The molecule has 0 amide bonds. The Labute approximate surface area is 212 Å². The third kappa shape index (κ3) is 5.64. The third-order valence-electron chi connectivity index (χ3n) is 7.25. The van der Waals surface area contributed by atoms with Crippen molar-refractivity contribution in [2.45, 2.75) is 37.7 Å². The average Bonchev–Trinajstić information content (AvgIpc) is 3.52. The zero-order chi connectivity index (χ0) is 25.5. The molecule has 11 heteroatoms. The van der Waals surface area contributed by atoms with Gasteiger partial charge in [0.15, 0.2) is 11.6 Å². The van der Waals surface area contributed by atoms with E-state index in [1.807, 2.05) is 18.4 Å². The summed E-state index contributed by atoms with van der Waals surface area (Å²) in [6, 6.07) is 10.1. The number of hydrogen-bond acceptors (Lipinski definition) is 6. The van der Waals surface area contributed by atoms with Crippen LogP contribution >= 0.6 is 0 Å². The van der Waals surface area contributed by atoms with Crippen LogP contribution in [0.25, 0.3) is 5.52 Å². The van der Waals surface area contributed by atoms with Gasteiger partial charge in [-0.05, 0) is 36.6 Å². The van der Waals surface area contributed by atoms with Crippen LogP contribution < -0.4 is 4.90 Å². The number of hydrogen-bond donors (Lipinski definition) is 1. The standard InChI is InChI=1S/C25H32F3N6OS/c1-31(2)36(35)15-20-5-3-19(4-6-20)13-32-9-7-24(16-32)8-10-33(17-24)23-22-11-21(12-25(26,27)28)14-34(22)30-18-29-23/h3-6,11,14,18,35H,7-10,12-13,15-17H2,1-2H3/q+1. The largest absolute Gasteiger partial charge is 0.393 e. The number of fused-ring (bicyclic) bond motifs is 1. The summed E-state index contributed by atoms with van der Waals surface area (Å²) in [5, 5.41) is 4.13. The van der Waals surface area contributed by atoms with E-state index in [9.17, 15) is 17.7 Å². The second kappa shape index (κ2) is 9.85. The van der Waals surface area contributed by atoms with Crippen LogP contribution in [0.3, 0.4) is 0 Å². The van der Waals surface area contributed by atoms with Gasteiger partial charge in [0.1, 0.15) is 11.8 Å². The van der Waals surface area contributed by atoms with Crippen molar-refractivity contribution in [3.63, 3.8) is 0 Å². The fourth-order valence-corrected chi connectivity index (χ4v) is 6.18. The first-order valence-electron chi connectivity index (χ1n) is 12.1. The molecule has 1 spiro atoms. The van der Waals surface area contributed by atoms with Gasteiger partial charge in [0, 0.05) is 57.4 Å². The van der Waals surface area contributed by atoms with E-state index >= 15 is 0 Å². The highest BCUT2D eigenvalue weighted by Crippen LogP contribution is 2.42. The molecule has 3 aromatic rings. The molecule has 2 atom stereocenters. The molecule has 2 fully saturated rings. The molecule has 0 aliphatic carbocycles. The van der Waals surface area contributed by atoms with E-state index in [-0.39, 0.29) is 11.0 Å². The van der Waals surface area contributed by atoms with Gasteiger partial charge < -0.3 is 4.90 Å². The van der Waals surface area contributed by atoms with Gasteiger partial charge in [-0.3, -0.25) is 4.90 Å². The molecule has 36 heavy (non-hydrogen) atoms. The summed E-state index contributed by atoms with van der Waals surface area (Å²) in [7, 11) is 3.75. The molecule has 2 unspecified atom stereocenters. The molecular formula is C25H32F3N6OS+. The first-order chi connectivity index (χ1) is 17.1. The summed E-state index contributed by atoms with van der Waals surface area (Å²) < 4.78 is 52.1. The van der Waals surface area contributed by atoms with Crippen molar-refractivity contribution in [2.75, 3.05) is 45.2 Å². The molecule has 1 aromatic carbocycles. The minimum Gasteiger partial charge on any atom is -0.354 e. The summed E-state index contributed by atoms with van der Waals surface area (Å²) in [5.74, 6) is 1.34. The molecule has 2 aliphatic heterocycles. The summed E-state index contributed by atoms with van der Waals surface area (Å²) in [6.45, 7) is 4.59. The predicted molar refractivity (Wildman–Crippen MR) is 136 cm³/mol. The number of halogens is 3. The highest BCUT2D eigenvalue weighted by Gasteiger charge is 2.44. The fraction of sp³-hybridized carbons (Fsp3) is 0.520. The molecule has 1 N–H and O–H groups in total. The number of aromatic nitrogens is 3. The van der Waals surface area contributed by atoms with E-state index in [0.29, 0.717) is 17.1 Å². The van der Waals surface area contributed by atoms with E-state index in [1.165, 1.54) is 22.6 Å². The van der Waals surface area contributed by atoms with Gasteiger partial charge in [-0.2, -0.15) is 22.8 Å². The molecule has 7 nitrogen and oxygen atoms in total. The summed E-state index contributed by atoms with van der Waals surface area (Å²) in [6.07, 6.45) is -0.209. The highest BCUT2D eigenvalue weighted by molar-refractivity contribution is 7.88. The zero-order valence-electron chi connectivity index (χ0n) is 20.6. The number of rotatable bonds is 7. The summed E-state index contributed by atoms with van der Waals surface area (Å²) >= 11 is -0.763. The normalized spacial score (nSPS) is 21.9. The van der Waals surface area contributed by atoms with Gasteiger partial charge in [0.25, 0.3) is 0 Å². The summed E-state index contributed by atoms with van der Waals surface area (Å²) in [5.41, 5.74) is 3.38. The topological polar surface area (TPSA) is 60.1 Å². The molecule has 5 rings (SSSR count). The van der Waals surface area contributed by atoms with Gasteiger partial charge in [-0.15, -0.1) is 4.31 Å². The number of nitrogens with zero attached hydrogens (tertiary/aromatic N) is 6. The molecule has 0 radical (unpaired) electrons. The van der Waals surface area contributed by atoms with E-state index in [4.69, 9.17) is 0 Å². The SMILES string of the molecule is CN(C)[S+](O)Cc1ccc(CN2CCC3(CCN(c4ncnn5cc(CC(F)(F)F)cc45)C3)C2)cc1. The molecule has 0 bridgehead atoms. The first kappa shape index (κ1) is 25.3. The predicted octanol–water partition coefficient (Wildman–Crippen LogP) is 4.00. The van der Waals surface area contributed by atoms with Crippen LogP contribution in [0, 0.1) is 5.41 Å². The number of anilines is 1. The maximum atomic E-state index is 12.9. The van der Waals surface area contributed by atoms with Crippen LogP contribution in [0.15, 0.2) is 42.9 Å². The van der Waals surface area contributed by atoms with Crippen molar-refractivity contribution in [1.29, 1.82) is 0 Å². The van der Waals surface area contributed by atoms with E-state index in [0.717, 1.165) is 51.1 Å². The van der Waals surface area contributed by atoms with Crippen molar-refractivity contribution in [1.82, 2.24) is 23.8 Å². The number of likely N-dealkylation sites (tertiary alicyclic amines) is 1. The molecule has 0 saturated carbocycles. The van der Waals surface area contributed by atoms with Crippen molar-refractivity contribution in [3.8, 4) is 0 Å². The molecule has 2 saturated heterocycles. The third-order valence-corrected chi connectivity index (χ3v) is 8.68. The lowest BCUT2D eigenvalue weighted by molar-refractivity contribution is -0.127. The van der Waals surface area contributed by atoms with Gasteiger partial charge in [-0.1, -0.05) is 24.3 Å². The quantitative estimate of drug-likeness (QED) is 0.475. The maximum absolute atomic E-state index is 12.9. The highest BCUT2D eigenvalue weighted by atomic mass is 32.2. The molecule has 4 heterocycles. The molecule has 2 aromatic heterocycles. The van der Waals surface area contributed by atoms with Gasteiger partial charge in [0.05, 0.1) is 6.42 Å². The second-order valence-electron chi connectivity index (χ2n) is 10.3. The van der Waals surface area contributed by atoms with E-state index < -0.39 is 24.0 Å². The van der Waals surface area contributed by atoms with Crippen molar-refractivity contribution in [2.24, 2.45) is 5.41 Å². The van der Waals surface area contributed by atoms with Crippen LogP contribution in [0.2, 0.25) is 0 Å². The van der Waals surface area contributed by atoms with Gasteiger partial charge in [-0.25, -0.2) is 9.50 Å². The minimum atomic E-state index is -4.25. The fourth-order valence-electron chi connectivity index (χ4n) is 5.43. The van der Waals surface area contributed by atoms with Crippen LogP contribution in [-0.4, -0.2) is 74.8 Å². The van der Waals surface area contributed by atoms with E-state index in [2.05, 4.69) is 44.1 Å². The van der Waals surface area contributed by atoms with Gasteiger partial charge >= 0.3 is 6.18 Å². The minimum absolute atomic E-state index is 0.167. The lowest BCUT2D eigenvalue weighted by Crippen LogP contribution is -2.31. The molecular weight excluding hydrogens is 489 g/mol. The van der Waals surface area contributed by atoms with E-state index in [1.54, 1.807) is 6.07 Å². The Bertz CT molecular complexity index is 1200. The Hall–Kier alpha value is -2.34. The van der Waals surface area contributed by atoms with Gasteiger partial charge in [0.2, 0.25) is 11.4 Å². The molecule has 194 valence electrons. The first-order valence-corrected chi connectivity index (χ1v) is 13.4. The smallest absolute Gasteiger partial charge is 0.354 e. The van der Waals surface area contributed by atoms with Crippen LogP contribution in [0.4, 0.5) is 19.0 Å². The van der Waals surface area contributed by atoms with Crippen molar-refractivity contribution >= 4 is 22.7 Å². The number of benzene rings is 1.